The molecule has 2 aromatic rings. The highest BCUT2D eigenvalue weighted by atomic mass is 19.1. The van der Waals surface area contributed by atoms with Gasteiger partial charge in [0.1, 0.15) is 5.82 Å². The van der Waals surface area contributed by atoms with Gasteiger partial charge < -0.3 is 10.8 Å². The number of carbonyl (C=O) groups is 1. The number of allylic oxidation sites excluding steroid dienone is 1. The molecule has 0 saturated carbocycles. The zero-order chi connectivity index (χ0) is 16.1. The maximum absolute atomic E-state index is 13.4. The Balaban J connectivity index is 2.20. The molecule has 6 heteroatoms. The summed E-state index contributed by atoms with van der Waals surface area (Å²) < 4.78 is 26.1. The second-order valence-electron chi connectivity index (χ2n) is 4.38. The van der Waals surface area contributed by atoms with Crippen LogP contribution in [0.3, 0.4) is 0 Å². The topological polar surface area (TPSA) is 75.7 Å². The van der Waals surface area contributed by atoms with Crippen LogP contribution < -0.4 is 5.73 Å². The van der Waals surface area contributed by atoms with Crippen LogP contribution in [-0.2, 0) is 0 Å². The number of benzene rings is 2. The van der Waals surface area contributed by atoms with Crippen LogP contribution in [0.1, 0.15) is 15.9 Å². The summed E-state index contributed by atoms with van der Waals surface area (Å²) in [6.07, 6.45) is 2.67. The van der Waals surface area contributed by atoms with E-state index in [0.29, 0.717) is 5.56 Å². The first-order valence-electron chi connectivity index (χ1n) is 6.26. The number of rotatable bonds is 4. The lowest BCUT2D eigenvalue weighted by atomic mass is 10.1. The molecule has 2 aromatic carbocycles. The smallest absolute Gasteiger partial charge is 0.335 e. The van der Waals surface area contributed by atoms with Gasteiger partial charge in [0.25, 0.3) is 0 Å². The number of halogens is 2. The molecule has 0 aliphatic heterocycles. The summed E-state index contributed by atoms with van der Waals surface area (Å²) in [6, 6.07) is 9.11. The van der Waals surface area contributed by atoms with Gasteiger partial charge >= 0.3 is 5.97 Å². The van der Waals surface area contributed by atoms with E-state index in [1.165, 1.54) is 30.5 Å². The molecule has 2 rings (SSSR count). The van der Waals surface area contributed by atoms with E-state index in [9.17, 15) is 13.6 Å². The van der Waals surface area contributed by atoms with Crippen molar-refractivity contribution >= 4 is 23.6 Å². The fraction of sp³-hybridized carbons (Fsp3) is 0. The Kier molecular flexibility index (Phi) is 4.63. The van der Waals surface area contributed by atoms with Crippen LogP contribution in [0.15, 0.2) is 53.5 Å². The average molecular weight is 302 g/mol. The highest BCUT2D eigenvalue weighted by Gasteiger charge is 2.04. The summed E-state index contributed by atoms with van der Waals surface area (Å²) in [7, 11) is 0. The lowest BCUT2D eigenvalue weighted by Crippen LogP contribution is -2.01. The van der Waals surface area contributed by atoms with Gasteiger partial charge in [-0.3, -0.25) is 4.99 Å². The molecule has 0 aliphatic carbocycles. The Morgan fingerprint density at radius 3 is 2.55 bits per heavy atom. The molecule has 0 aliphatic rings. The van der Waals surface area contributed by atoms with Crippen LogP contribution in [0.4, 0.5) is 14.5 Å². The zero-order valence-electron chi connectivity index (χ0n) is 11.3. The first kappa shape index (κ1) is 15.4. The minimum Gasteiger partial charge on any atom is -0.478 e. The van der Waals surface area contributed by atoms with Gasteiger partial charge in [0.05, 0.1) is 11.3 Å². The van der Waals surface area contributed by atoms with Gasteiger partial charge in [0.15, 0.2) is 5.82 Å². The summed E-state index contributed by atoms with van der Waals surface area (Å²) in [5.41, 5.74) is 6.68. The van der Waals surface area contributed by atoms with Crippen molar-refractivity contribution in [2.75, 3.05) is 0 Å². The molecule has 0 aromatic heterocycles. The molecular formula is C16H12F2N2O2. The van der Waals surface area contributed by atoms with E-state index in [4.69, 9.17) is 10.8 Å². The Hall–Kier alpha value is -3.02. The molecule has 0 unspecified atom stereocenters. The molecule has 4 nitrogen and oxygen atoms in total. The second-order valence-corrected chi connectivity index (χ2v) is 4.38. The van der Waals surface area contributed by atoms with E-state index in [1.54, 1.807) is 12.1 Å². The summed E-state index contributed by atoms with van der Waals surface area (Å²) in [5.74, 6) is -2.52. The number of nitrogens with two attached hydrogens (primary N) is 1. The molecule has 0 radical (unpaired) electrons. The quantitative estimate of drug-likeness (QED) is 0.850. The first-order chi connectivity index (χ1) is 10.5. The zero-order valence-corrected chi connectivity index (χ0v) is 11.3. The number of aromatic carboxylic acids is 1. The van der Waals surface area contributed by atoms with Gasteiger partial charge in [-0.25, -0.2) is 13.6 Å². The molecule has 112 valence electrons. The maximum Gasteiger partial charge on any atom is 0.335 e. The second kappa shape index (κ2) is 6.62. The van der Waals surface area contributed by atoms with Crippen LogP contribution in [0.2, 0.25) is 0 Å². The molecule has 0 spiro atoms. The van der Waals surface area contributed by atoms with E-state index in [0.717, 1.165) is 12.1 Å². The molecule has 3 N–H and O–H groups in total. The van der Waals surface area contributed by atoms with Crippen molar-refractivity contribution in [3.63, 3.8) is 0 Å². The third-order valence-electron chi connectivity index (χ3n) is 2.82. The average Bonchev–Trinajstić information content (AvgIpc) is 2.49. The number of hydrogen-bond acceptors (Lipinski definition) is 3. The SMILES string of the molecule is NC(=CC=Nc1ccc(F)cc1F)c1cccc(C(=O)O)c1. The fourth-order valence-electron chi connectivity index (χ4n) is 1.71. The molecule has 0 amide bonds. The van der Waals surface area contributed by atoms with Crippen molar-refractivity contribution in [2.24, 2.45) is 10.7 Å². The third kappa shape index (κ3) is 3.76. The van der Waals surface area contributed by atoms with Crippen LogP contribution >= 0.6 is 0 Å². The summed E-state index contributed by atoms with van der Waals surface area (Å²) in [6.45, 7) is 0. The highest BCUT2D eigenvalue weighted by Crippen LogP contribution is 2.18. The largest absolute Gasteiger partial charge is 0.478 e. The Morgan fingerprint density at radius 2 is 1.86 bits per heavy atom. The number of hydrogen-bond donors (Lipinski definition) is 2. The van der Waals surface area contributed by atoms with Gasteiger partial charge in [0, 0.05) is 18.0 Å². The van der Waals surface area contributed by atoms with Gasteiger partial charge in [0.2, 0.25) is 0 Å². The molecule has 0 heterocycles. The van der Waals surface area contributed by atoms with E-state index in [1.807, 2.05) is 0 Å². The normalized spacial score (nSPS) is 11.8. The van der Waals surface area contributed by atoms with Gasteiger partial charge in [-0.2, -0.15) is 0 Å². The minimum atomic E-state index is -1.06. The molecule has 0 saturated heterocycles. The summed E-state index contributed by atoms with van der Waals surface area (Å²) >= 11 is 0. The lowest BCUT2D eigenvalue weighted by molar-refractivity contribution is 0.0697. The van der Waals surface area contributed by atoms with Gasteiger partial charge in [-0.1, -0.05) is 12.1 Å². The molecular weight excluding hydrogens is 290 g/mol. The minimum absolute atomic E-state index is 0.0234. The third-order valence-corrected chi connectivity index (χ3v) is 2.82. The van der Waals surface area contributed by atoms with E-state index in [-0.39, 0.29) is 16.9 Å². The van der Waals surface area contributed by atoms with Crippen LogP contribution in [0.25, 0.3) is 5.70 Å². The lowest BCUT2D eigenvalue weighted by Gasteiger charge is -2.02. The van der Waals surface area contributed by atoms with E-state index < -0.39 is 17.6 Å². The van der Waals surface area contributed by atoms with Crippen LogP contribution in [0.5, 0.6) is 0 Å². The number of carboxylic acid groups (broad SMARTS) is 1. The Bertz CT molecular complexity index is 770. The monoisotopic (exact) mass is 302 g/mol. The van der Waals surface area contributed by atoms with Crippen molar-refractivity contribution in [1.82, 2.24) is 0 Å². The molecule has 22 heavy (non-hydrogen) atoms. The Labute approximate surface area is 125 Å². The number of carboxylic acids is 1. The predicted octanol–water partition coefficient (Wildman–Crippen LogP) is 3.37. The fourth-order valence-corrected chi connectivity index (χ4v) is 1.71. The van der Waals surface area contributed by atoms with Gasteiger partial charge in [-0.05, 0) is 35.9 Å². The van der Waals surface area contributed by atoms with Crippen molar-refractivity contribution in [3.05, 3.63) is 71.3 Å². The summed E-state index contributed by atoms with van der Waals surface area (Å²) in [4.78, 5) is 14.7. The van der Waals surface area contributed by atoms with Crippen LogP contribution in [-0.4, -0.2) is 17.3 Å². The highest BCUT2D eigenvalue weighted by molar-refractivity contribution is 5.90. The van der Waals surface area contributed by atoms with Crippen molar-refractivity contribution in [3.8, 4) is 0 Å². The van der Waals surface area contributed by atoms with E-state index in [2.05, 4.69) is 4.99 Å². The standard InChI is InChI=1S/C16H12F2N2O2/c17-12-4-5-15(13(18)9-12)20-7-6-14(19)10-2-1-3-11(8-10)16(21)22/h1-9H,19H2,(H,21,22). The van der Waals surface area contributed by atoms with Crippen molar-refractivity contribution < 1.29 is 18.7 Å². The molecule has 0 atom stereocenters. The Morgan fingerprint density at radius 1 is 1.14 bits per heavy atom. The van der Waals surface area contributed by atoms with E-state index >= 15 is 0 Å². The van der Waals surface area contributed by atoms with Crippen LogP contribution in [0, 0.1) is 11.6 Å². The predicted molar refractivity (Wildman–Crippen MR) is 80.1 cm³/mol. The van der Waals surface area contributed by atoms with Crippen molar-refractivity contribution in [2.45, 2.75) is 0 Å². The molecule has 0 fully saturated rings. The number of aliphatic imine (C=N–C) groups is 1. The number of nitrogens with zero attached hydrogens (tertiary/aromatic N) is 1. The van der Waals surface area contributed by atoms with Crippen molar-refractivity contribution in [1.29, 1.82) is 0 Å². The van der Waals surface area contributed by atoms with Gasteiger partial charge in [-0.15, -0.1) is 0 Å². The summed E-state index contributed by atoms with van der Waals surface area (Å²) in [5, 5.41) is 8.91. The molecule has 0 bridgehead atoms. The maximum atomic E-state index is 13.4. The first-order valence-corrected chi connectivity index (χ1v) is 6.26.